The summed E-state index contributed by atoms with van der Waals surface area (Å²) in [6, 6.07) is 1.97. The van der Waals surface area contributed by atoms with Gasteiger partial charge < -0.3 is 15.1 Å². The average Bonchev–Trinajstić information content (AvgIpc) is 2.84. The van der Waals surface area contributed by atoms with Crippen molar-refractivity contribution in [3.05, 3.63) is 23.7 Å². The van der Waals surface area contributed by atoms with Gasteiger partial charge in [-0.15, -0.1) is 0 Å². The summed E-state index contributed by atoms with van der Waals surface area (Å²) in [5.41, 5.74) is 6.26. The molecule has 1 aliphatic heterocycles. The quantitative estimate of drug-likeness (QED) is 0.793. The smallest absolute Gasteiger partial charge is 0.257 e. The number of likely N-dealkylation sites (tertiary alicyclic amines) is 1. The summed E-state index contributed by atoms with van der Waals surface area (Å²) >= 11 is 0. The molecule has 1 aromatic heterocycles. The van der Waals surface area contributed by atoms with Crippen molar-refractivity contribution in [2.45, 2.75) is 25.8 Å². The Morgan fingerprint density at radius 3 is 3.13 bits per heavy atom. The molecule has 0 bridgehead atoms. The van der Waals surface area contributed by atoms with Crippen LogP contribution in [0.2, 0.25) is 0 Å². The molecule has 15 heavy (non-hydrogen) atoms. The van der Waals surface area contributed by atoms with E-state index in [1.54, 1.807) is 6.07 Å². The molecule has 1 unspecified atom stereocenters. The van der Waals surface area contributed by atoms with E-state index in [1.165, 1.54) is 6.26 Å². The molecule has 0 spiro atoms. The zero-order chi connectivity index (χ0) is 10.8. The molecule has 1 amide bonds. The van der Waals surface area contributed by atoms with Crippen molar-refractivity contribution < 1.29 is 9.21 Å². The van der Waals surface area contributed by atoms with E-state index < -0.39 is 0 Å². The van der Waals surface area contributed by atoms with E-state index in [2.05, 4.69) is 0 Å². The van der Waals surface area contributed by atoms with Crippen LogP contribution in [0.25, 0.3) is 0 Å². The molecule has 0 radical (unpaired) electrons. The van der Waals surface area contributed by atoms with Gasteiger partial charge in [0.05, 0.1) is 5.56 Å². The first-order valence-electron chi connectivity index (χ1n) is 5.28. The van der Waals surface area contributed by atoms with Crippen molar-refractivity contribution in [1.82, 2.24) is 4.90 Å². The van der Waals surface area contributed by atoms with Gasteiger partial charge in [-0.1, -0.05) is 0 Å². The van der Waals surface area contributed by atoms with E-state index >= 15 is 0 Å². The van der Waals surface area contributed by atoms with Gasteiger partial charge in [0.25, 0.3) is 5.91 Å². The minimum absolute atomic E-state index is 0.0415. The van der Waals surface area contributed by atoms with Gasteiger partial charge >= 0.3 is 0 Å². The fourth-order valence-electron chi connectivity index (χ4n) is 2.07. The molecule has 82 valence electrons. The Morgan fingerprint density at radius 2 is 2.53 bits per heavy atom. The Kier molecular flexibility index (Phi) is 2.77. The summed E-state index contributed by atoms with van der Waals surface area (Å²) < 4.78 is 5.14. The largest absolute Gasteiger partial charge is 0.469 e. The Balaban J connectivity index is 2.13. The number of carbonyl (C=O) groups is 1. The van der Waals surface area contributed by atoms with Crippen molar-refractivity contribution in [2.75, 3.05) is 13.1 Å². The molecule has 1 saturated heterocycles. The lowest BCUT2D eigenvalue weighted by Gasteiger charge is -2.22. The number of amides is 1. The highest BCUT2D eigenvalue weighted by molar-refractivity contribution is 5.94. The van der Waals surface area contributed by atoms with Gasteiger partial charge in [0, 0.05) is 19.1 Å². The highest BCUT2D eigenvalue weighted by Gasteiger charge is 2.28. The summed E-state index contributed by atoms with van der Waals surface area (Å²) in [6.45, 7) is 3.19. The van der Waals surface area contributed by atoms with Crippen molar-refractivity contribution in [1.29, 1.82) is 0 Å². The van der Waals surface area contributed by atoms with Gasteiger partial charge in [-0.3, -0.25) is 4.79 Å². The number of furan rings is 1. The zero-order valence-electron chi connectivity index (χ0n) is 8.90. The van der Waals surface area contributed by atoms with Crippen LogP contribution in [0.5, 0.6) is 0 Å². The minimum Gasteiger partial charge on any atom is -0.469 e. The van der Waals surface area contributed by atoms with Crippen molar-refractivity contribution in [3.63, 3.8) is 0 Å². The predicted molar refractivity (Wildman–Crippen MR) is 56.6 cm³/mol. The number of nitrogens with two attached hydrogens (primary N) is 1. The maximum absolute atomic E-state index is 12.0. The second-order valence-corrected chi connectivity index (χ2v) is 3.98. The number of rotatable bonds is 2. The third-order valence-electron chi connectivity index (χ3n) is 2.89. The van der Waals surface area contributed by atoms with Crippen molar-refractivity contribution in [2.24, 2.45) is 5.73 Å². The lowest BCUT2D eigenvalue weighted by molar-refractivity contribution is 0.0740. The first-order chi connectivity index (χ1) is 7.22. The second-order valence-electron chi connectivity index (χ2n) is 3.98. The molecular weight excluding hydrogens is 192 g/mol. The monoisotopic (exact) mass is 208 g/mol. The van der Waals surface area contributed by atoms with E-state index in [1.807, 2.05) is 11.8 Å². The molecule has 2 rings (SSSR count). The van der Waals surface area contributed by atoms with Gasteiger partial charge in [0.2, 0.25) is 0 Å². The minimum atomic E-state index is 0.0415. The number of nitrogens with zero attached hydrogens (tertiary/aromatic N) is 1. The highest BCUT2D eigenvalue weighted by Crippen LogP contribution is 2.20. The van der Waals surface area contributed by atoms with Gasteiger partial charge in [-0.25, -0.2) is 0 Å². The summed E-state index contributed by atoms with van der Waals surface area (Å²) in [6.07, 6.45) is 3.58. The lowest BCUT2D eigenvalue weighted by Crippen LogP contribution is -2.39. The van der Waals surface area contributed by atoms with Crippen LogP contribution in [0.1, 0.15) is 29.0 Å². The van der Waals surface area contributed by atoms with Crippen LogP contribution < -0.4 is 5.73 Å². The molecular formula is C11H16N2O2. The molecule has 1 atom stereocenters. The third-order valence-corrected chi connectivity index (χ3v) is 2.89. The van der Waals surface area contributed by atoms with Gasteiger partial charge in [-0.2, -0.15) is 0 Å². The van der Waals surface area contributed by atoms with Crippen LogP contribution in [0.3, 0.4) is 0 Å². The summed E-state index contributed by atoms with van der Waals surface area (Å²) in [4.78, 5) is 13.9. The molecule has 0 saturated carbocycles. The molecule has 2 heterocycles. The fraction of sp³-hybridized carbons (Fsp3) is 0.545. The molecule has 0 aliphatic carbocycles. The van der Waals surface area contributed by atoms with Gasteiger partial charge in [0.1, 0.15) is 12.0 Å². The number of hydrogen-bond donors (Lipinski definition) is 1. The van der Waals surface area contributed by atoms with Crippen LogP contribution in [0, 0.1) is 6.92 Å². The van der Waals surface area contributed by atoms with Crippen LogP contribution >= 0.6 is 0 Å². The van der Waals surface area contributed by atoms with Crippen LogP contribution in [0.4, 0.5) is 0 Å². The fourth-order valence-corrected chi connectivity index (χ4v) is 2.07. The lowest BCUT2D eigenvalue weighted by atomic mass is 10.2. The average molecular weight is 208 g/mol. The number of hydrogen-bond acceptors (Lipinski definition) is 3. The molecule has 1 fully saturated rings. The predicted octanol–water partition coefficient (Wildman–Crippen LogP) is 1.15. The van der Waals surface area contributed by atoms with Crippen molar-refractivity contribution in [3.8, 4) is 0 Å². The Labute approximate surface area is 89.0 Å². The third kappa shape index (κ3) is 1.90. The Hall–Kier alpha value is -1.29. The summed E-state index contributed by atoms with van der Waals surface area (Å²) in [7, 11) is 0. The highest BCUT2D eigenvalue weighted by atomic mass is 16.3. The van der Waals surface area contributed by atoms with E-state index in [0.29, 0.717) is 12.1 Å². The summed E-state index contributed by atoms with van der Waals surface area (Å²) in [5, 5.41) is 0. The molecule has 1 aliphatic rings. The summed E-state index contributed by atoms with van der Waals surface area (Å²) in [5.74, 6) is 0.807. The van der Waals surface area contributed by atoms with Crippen LogP contribution in [-0.4, -0.2) is 29.9 Å². The maximum atomic E-state index is 12.0. The zero-order valence-corrected chi connectivity index (χ0v) is 8.90. The van der Waals surface area contributed by atoms with Crippen LogP contribution in [0.15, 0.2) is 16.7 Å². The van der Waals surface area contributed by atoms with Gasteiger partial charge in [-0.05, 0) is 25.8 Å². The number of aryl methyl sites for hydroxylation is 1. The van der Waals surface area contributed by atoms with Gasteiger partial charge in [0.15, 0.2) is 0 Å². The Bertz CT molecular complexity index is 359. The normalized spacial score (nSPS) is 20.9. The SMILES string of the molecule is Cc1cc(C(=O)N2CCCC2CN)co1. The first-order valence-corrected chi connectivity index (χ1v) is 5.28. The van der Waals surface area contributed by atoms with E-state index in [0.717, 1.165) is 25.1 Å². The van der Waals surface area contributed by atoms with E-state index in [-0.39, 0.29) is 11.9 Å². The molecule has 0 aromatic carbocycles. The van der Waals surface area contributed by atoms with E-state index in [4.69, 9.17) is 10.2 Å². The molecule has 1 aromatic rings. The first kappa shape index (κ1) is 10.2. The second kappa shape index (κ2) is 4.06. The van der Waals surface area contributed by atoms with Crippen molar-refractivity contribution >= 4 is 5.91 Å². The standard InChI is InChI=1S/C11H16N2O2/c1-8-5-9(7-15-8)11(14)13-4-2-3-10(13)6-12/h5,7,10H,2-4,6,12H2,1H3. The molecule has 4 nitrogen and oxygen atoms in total. The Morgan fingerprint density at radius 1 is 1.73 bits per heavy atom. The van der Waals surface area contributed by atoms with E-state index in [9.17, 15) is 4.79 Å². The molecule has 4 heteroatoms. The number of carbonyl (C=O) groups excluding carboxylic acids is 1. The van der Waals surface area contributed by atoms with Crippen LogP contribution in [-0.2, 0) is 0 Å². The maximum Gasteiger partial charge on any atom is 0.257 e. The topological polar surface area (TPSA) is 59.5 Å². The molecule has 2 N–H and O–H groups in total.